The van der Waals surface area contributed by atoms with E-state index >= 15 is 0 Å². The van der Waals surface area contributed by atoms with Gasteiger partial charge in [0, 0.05) is 11.9 Å². The van der Waals surface area contributed by atoms with Gasteiger partial charge in [-0.25, -0.2) is 0 Å². The number of nitrogens with one attached hydrogen (secondary N) is 1. The maximum atomic E-state index is 3.23. The van der Waals surface area contributed by atoms with Crippen molar-refractivity contribution in [3.8, 4) is 0 Å². The average Bonchev–Trinajstić information content (AvgIpc) is 2.55. The highest BCUT2D eigenvalue weighted by Crippen LogP contribution is 2.22. The van der Waals surface area contributed by atoms with Crippen LogP contribution in [0.3, 0.4) is 0 Å². The SMILES string of the molecule is Cc1cc[nH]c1C1=CCC=C1. The van der Waals surface area contributed by atoms with Crippen molar-refractivity contribution in [2.75, 3.05) is 0 Å². The van der Waals surface area contributed by atoms with Gasteiger partial charge in [-0.2, -0.15) is 0 Å². The van der Waals surface area contributed by atoms with Crippen molar-refractivity contribution in [2.45, 2.75) is 13.3 Å². The van der Waals surface area contributed by atoms with Gasteiger partial charge >= 0.3 is 0 Å². The molecule has 1 aliphatic carbocycles. The van der Waals surface area contributed by atoms with Gasteiger partial charge in [-0.15, -0.1) is 0 Å². The summed E-state index contributed by atoms with van der Waals surface area (Å²) in [6, 6.07) is 2.10. The molecular weight excluding hydrogens is 134 g/mol. The first-order valence-corrected chi connectivity index (χ1v) is 3.89. The molecule has 0 amide bonds. The van der Waals surface area contributed by atoms with Gasteiger partial charge in [0.2, 0.25) is 0 Å². The number of aromatic nitrogens is 1. The Balaban J connectivity index is 2.43. The van der Waals surface area contributed by atoms with Gasteiger partial charge in [0.25, 0.3) is 0 Å². The van der Waals surface area contributed by atoms with Crippen LogP contribution >= 0.6 is 0 Å². The molecule has 0 saturated carbocycles. The molecule has 0 spiro atoms. The van der Waals surface area contributed by atoms with Crippen LogP contribution in [0, 0.1) is 6.92 Å². The van der Waals surface area contributed by atoms with Crippen molar-refractivity contribution in [3.05, 3.63) is 41.7 Å². The number of aryl methyl sites for hydroxylation is 1. The molecule has 1 N–H and O–H groups in total. The first-order valence-electron chi connectivity index (χ1n) is 3.89. The molecular formula is C10H11N. The standard InChI is InChI=1S/C10H11N/c1-8-6-7-11-10(8)9-4-2-3-5-9/h2,4-7,11H,3H2,1H3. The summed E-state index contributed by atoms with van der Waals surface area (Å²) >= 11 is 0. The van der Waals surface area contributed by atoms with E-state index in [1.54, 1.807) is 0 Å². The summed E-state index contributed by atoms with van der Waals surface area (Å²) in [7, 11) is 0. The molecule has 11 heavy (non-hydrogen) atoms. The minimum atomic E-state index is 1.08. The molecule has 0 unspecified atom stereocenters. The van der Waals surface area contributed by atoms with Gasteiger partial charge in [0.05, 0.1) is 0 Å². The number of H-pyrrole nitrogens is 1. The molecule has 1 aromatic rings. The molecule has 0 saturated heterocycles. The van der Waals surface area contributed by atoms with E-state index in [9.17, 15) is 0 Å². The lowest BCUT2D eigenvalue weighted by molar-refractivity contribution is 1.32. The fraction of sp³-hybridized carbons (Fsp3) is 0.200. The van der Waals surface area contributed by atoms with Crippen molar-refractivity contribution >= 4 is 5.57 Å². The molecule has 1 heteroatoms. The molecule has 0 bridgehead atoms. The van der Waals surface area contributed by atoms with Crippen LogP contribution < -0.4 is 0 Å². The van der Waals surface area contributed by atoms with E-state index in [0.717, 1.165) is 6.42 Å². The third-order valence-electron chi connectivity index (χ3n) is 2.02. The van der Waals surface area contributed by atoms with Crippen LogP contribution in [0.4, 0.5) is 0 Å². The van der Waals surface area contributed by atoms with Crippen molar-refractivity contribution in [1.82, 2.24) is 4.98 Å². The Bertz CT molecular complexity index is 315. The minimum Gasteiger partial charge on any atom is -0.361 e. The Hall–Kier alpha value is -1.24. The third kappa shape index (κ3) is 1.03. The summed E-state index contributed by atoms with van der Waals surface area (Å²) in [4.78, 5) is 3.23. The van der Waals surface area contributed by atoms with E-state index < -0.39 is 0 Å². The molecule has 0 fully saturated rings. The highest BCUT2D eigenvalue weighted by atomic mass is 14.7. The van der Waals surface area contributed by atoms with Crippen LogP contribution in [0.5, 0.6) is 0 Å². The van der Waals surface area contributed by atoms with E-state index in [-0.39, 0.29) is 0 Å². The second kappa shape index (κ2) is 2.42. The summed E-state index contributed by atoms with van der Waals surface area (Å²) in [6.07, 6.45) is 9.64. The first-order chi connectivity index (χ1) is 5.38. The fourth-order valence-electron chi connectivity index (χ4n) is 1.40. The zero-order chi connectivity index (χ0) is 7.68. The predicted octanol–water partition coefficient (Wildman–Crippen LogP) is 2.67. The minimum absolute atomic E-state index is 1.08. The summed E-state index contributed by atoms with van der Waals surface area (Å²) in [5.74, 6) is 0. The van der Waals surface area contributed by atoms with Crippen LogP contribution in [-0.2, 0) is 0 Å². The van der Waals surface area contributed by atoms with Gasteiger partial charge in [-0.05, 0) is 30.5 Å². The van der Waals surface area contributed by atoms with Crippen LogP contribution in [-0.4, -0.2) is 4.98 Å². The van der Waals surface area contributed by atoms with E-state index in [0.29, 0.717) is 0 Å². The van der Waals surface area contributed by atoms with Gasteiger partial charge in [0.1, 0.15) is 0 Å². The summed E-state index contributed by atoms with van der Waals surface area (Å²) in [5, 5.41) is 0. The van der Waals surface area contributed by atoms with E-state index in [2.05, 4.69) is 36.2 Å². The molecule has 0 aromatic carbocycles. The molecule has 2 rings (SSSR count). The quantitative estimate of drug-likeness (QED) is 0.625. The first kappa shape index (κ1) is 6.47. The molecule has 1 heterocycles. The molecule has 1 nitrogen and oxygen atoms in total. The predicted molar refractivity (Wildman–Crippen MR) is 47.3 cm³/mol. The number of hydrogen-bond donors (Lipinski definition) is 1. The van der Waals surface area contributed by atoms with Gasteiger partial charge in [0.15, 0.2) is 0 Å². The van der Waals surface area contributed by atoms with Gasteiger partial charge < -0.3 is 4.98 Å². The van der Waals surface area contributed by atoms with Crippen molar-refractivity contribution in [2.24, 2.45) is 0 Å². The van der Waals surface area contributed by atoms with Crippen LogP contribution in [0.2, 0.25) is 0 Å². The molecule has 56 valence electrons. The number of aromatic amines is 1. The third-order valence-corrected chi connectivity index (χ3v) is 2.02. The van der Waals surface area contributed by atoms with Gasteiger partial charge in [-0.1, -0.05) is 18.2 Å². The van der Waals surface area contributed by atoms with Crippen LogP contribution in [0.25, 0.3) is 5.57 Å². The largest absolute Gasteiger partial charge is 0.361 e. The molecule has 1 aromatic heterocycles. The summed E-state index contributed by atoms with van der Waals surface area (Å²) in [6.45, 7) is 2.12. The zero-order valence-corrected chi connectivity index (χ0v) is 6.59. The molecule has 0 aliphatic heterocycles. The van der Waals surface area contributed by atoms with Crippen LogP contribution in [0.15, 0.2) is 30.5 Å². The van der Waals surface area contributed by atoms with E-state index in [1.807, 2.05) is 6.20 Å². The monoisotopic (exact) mass is 145 g/mol. The second-order valence-electron chi connectivity index (χ2n) is 2.83. The molecule has 1 aliphatic rings. The van der Waals surface area contributed by atoms with Crippen LogP contribution in [0.1, 0.15) is 17.7 Å². The maximum absolute atomic E-state index is 3.23. The number of allylic oxidation sites excluding steroid dienone is 4. The van der Waals surface area contributed by atoms with Crippen molar-refractivity contribution < 1.29 is 0 Å². The van der Waals surface area contributed by atoms with Crippen molar-refractivity contribution in [3.63, 3.8) is 0 Å². The Morgan fingerprint density at radius 1 is 1.45 bits per heavy atom. The van der Waals surface area contributed by atoms with E-state index in [4.69, 9.17) is 0 Å². The Kier molecular flexibility index (Phi) is 1.42. The fourth-order valence-corrected chi connectivity index (χ4v) is 1.40. The zero-order valence-electron chi connectivity index (χ0n) is 6.59. The molecule has 0 radical (unpaired) electrons. The van der Waals surface area contributed by atoms with Crippen molar-refractivity contribution in [1.29, 1.82) is 0 Å². The Morgan fingerprint density at radius 2 is 2.36 bits per heavy atom. The second-order valence-corrected chi connectivity index (χ2v) is 2.83. The molecule has 0 atom stereocenters. The Labute approximate surface area is 66.4 Å². The topological polar surface area (TPSA) is 15.8 Å². The highest BCUT2D eigenvalue weighted by molar-refractivity contribution is 5.75. The Morgan fingerprint density at radius 3 is 2.91 bits per heavy atom. The average molecular weight is 145 g/mol. The lowest BCUT2D eigenvalue weighted by Crippen LogP contribution is -1.80. The summed E-state index contributed by atoms with van der Waals surface area (Å²) in [5.41, 5.74) is 3.91. The highest BCUT2D eigenvalue weighted by Gasteiger charge is 2.04. The summed E-state index contributed by atoms with van der Waals surface area (Å²) < 4.78 is 0. The number of hydrogen-bond acceptors (Lipinski definition) is 0. The van der Waals surface area contributed by atoms with E-state index in [1.165, 1.54) is 16.8 Å². The maximum Gasteiger partial charge on any atom is 0.0480 e. The lowest BCUT2D eigenvalue weighted by Gasteiger charge is -1.96. The normalized spacial score (nSPS) is 15.5. The smallest absolute Gasteiger partial charge is 0.0480 e. The van der Waals surface area contributed by atoms with Gasteiger partial charge in [-0.3, -0.25) is 0 Å². The lowest BCUT2D eigenvalue weighted by atomic mass is 10.1. The number of rotatable bonds is 1.